The van der Waals surface area contributed by atoms with Crippen molar-refractivity contribution in [2.24, 2.45) is 5.92 Å². The van der Waals surface area contributed by atoms with Crippen LogP contribution in [0.25, 0.3) is 10.9 Å². The average molecular weight is 381 g/mol. The van der Waals surface area contributed by atoms with E-state index in [1.165, 1.54) is 0 Å². The Kier molecular flexibility index (Phi) is 5.82. The topological polar surface area (TPSA) is 71.3 Å². The predicted molar refractivity (Wildman–Crippen MR) is 93.3 cm³/mol. The van der Waals surface area contributed by atoms with Crippen LogP contribution in [0.5, 0.6) is 0 Å². The van der Waals surface area contributed by atoms with Gasteiger partial charge in [-0.3, -0.25) is 4.79 Å². The monoisotopic (exact) mass is 380 g/mol. The van der Waals surface area contributed by atoms with Gasteiger partial charge in [0.2, 0.25) is 5.91 Å². The molecule has 0 spiro atoms. The summed E-state index contributed by atoms with van der Waals surface area (Å²) in [5, 5.41) is 12.9. The van der Waals surface area contributed by atoms with Gasteiger partial charge in [0.05, 0.1) is 0 Å². The van der Waals surface area contributed by atoms with E-state index in [0.29, 0.717) is 13.0 Å². The van der Waals surface area contributed by atoms with Crippen molar-refractivity contribution in [3.63, 3.8) is 0 Å². The number of carboxylic acid groups (broad SMARTS) is 1. The summed E-state index contributed by atoms with van der Waals surface area (Å²) >= 11 is 3.50. The molecule has 1 aromatic carbocycles. The molecule has 23 heavy (non-hydrogen) atoms. The third-order valence-electron chi connectivity index (χ3n) is 3.68. The molecule has 1 aromatic heterocycles. The molecule has 0 radical (unpaired) electrons. The fourth-order valence-electron chi connectivity index (χ4n) is 2.56. The van der Waals surface area contributed by atoms with Crippen molar-refractivity contribution in [1.82, 2.24) is 9.88 Å². The van der Waals surface area contributed by atoms with Crippen LogP contribution in [0.3, 0.4) is 0 Å². The van der Waals surface area contributed by atoms with E-state index < -0.39 is 12.0 Å². The fourth-order valence-corrected chi connectivity index (χ4v) is 3.05. The number of carboxylic acids is 1. The maximum absolute atomic E-state index is 12.0. The summed E-state index contributed by atoms with van der Waals surface area (Å²) in [6, 6.07) is 7.10. The largest absolute Gasteiger partial charge is 0.480 e. The molecule has 0 saturated heterocycles. The van der Waals surface area contributed by atoms with Crippen LogP contribution >= 0.6 is 15.9 Å². The first kappa shape index (κ1) is 17.5. The third kappa shape index (κ3) is 4.58. The molecule has 1 unspecified atom stereocenters. The highest BCUT2D eigenvalue weighted by Crippen LogP contribution is 2.24. The Labute approximate surface area is 143 Å². The summed E-state index contributed by atoms with van der Waals surface area (Å²) in [4.78, 5) is 23.2. The molecule has 2 N–H and O–H groups in total. The van der Waals surface area contributed by atoms with E-state index in [4.69, 9.17) is 5.11 Å². The van der Waals surface area contributed by atoms with E-state index in [1.54, 1.807) is 0 Å². The van der Waals surface area contributed by atoms with Gasteiger partial charge in [0.1, 0.15) is 6.04 Å². The number of nitrogens with one attached hydrogen (secondary N) is 1. The lowest BCUT2D eigenvalue weighted by Gasteiger charge is -2.16. The van der Waals surface area contributed by atoms with E-state index in [2.05, 4.69) is 21.2 Å². The fraction of sp³-hybridized carbons (Fsp3) is 0.412. The van der Waals surface area contributed by atoms with Crippen molar-refractivity contribution < 1.29 is 14.7 Å². The standard InChI is InChI=1S/C17H21BrN2O3/c1-11(2)10-14(17(22)23)19-16(21)7-9-20-8-6-12-13(18)4-3-5-15(12)20/h3-6,8,11,14H,7,9-10H2,1-2H3,(H,19,21)(H,22,23). The van der Waals surface area contributed by atoms with Crippen molar-refractivity contribution in [2.45, 2.75) is 39.3 Å². The molecular formula is C17H21BrN2O3. The number of aliphatic carboxylic acids is 1. The van der Waals surface area contributed by atoms with Gasteiger partial charge in [-0.1, -0.05) is 35.8 Å². The van der Waals surface area contributed by atoms with Crippen molar-refractivity contribution in [2.75, 3.05) is 0 Å². The first-order chi connectivity index (χ1) is 10.9. The molecule has 0 aliphatic heterocycles. The van der Waals surface area contributed by atoms with Crippen LogP contribution < -0.4 is 5.32 Å². The van der Waals surface area contributed by atoms with Crippen LogP contribution in [0.1, 0.15) is 26.7 Å². The quantitative estimate of drug-likeness (QED) is 0.772. The first-order valence-electron chi connectivity index (χ1n) is 7.64. The summed E-state index contributed by atoms with van der Waals surface area (Å²) in [5.74, 6) is -1.01. The second kappa shape index (κ2) is 7.64. The molecule has 6 heteroatoms. The number of benzene rings is 1. The van der Waals surface area contributed by atoms with E-state index in [1.807, 2.05) is 48.9 Å². The Morgan fingerprint density at radius 3 is 2.70 bits per heavy atom. The van der Waals surface area contributed by atoms with Crippen LogP contribution in [-0.4, -0.2) is 27.6 Å². The molecular weight excluding hydrogens is 360 g/mol. The predicted octanol–water partition coefficient (Wildman–Crippen LogP) is 3.41. The van der Waals surface area contributed by atoms with Gasteiger partial charge in [0.25, 0.3) is 0 Å². The zero-order valence-electron chi connectivity index (χ0n) is 13.3. The molecule has 124 valence electrons. The minimum absolute atomic E-state index is 0.210. The second-order valence-electron chi connectivity index (χ2n) is 6.02. The lowest BCUT2D eigenvalue weighted by Crippen LogP contribution is -2.41. The molecule has 1 heterocycles. The molecule has 2 rings (SSSR count). The van der Waals surface area contributed by atoms with Gasteiger partial charge in [-0.25, -0.2) is 4.79 Å². The number of aryl methyl sites for hydroxylation is 1. The number of halogens is 1. The molecule has 1 amide bonds. The number of carbonyl (C=O) groups excluding carboxylic acids is 1. The van der Waals surface area contributed by atoms with Gasteiger partial charge in [-0.2, -0.15) is 0 Å². The Balaban J connectivity index is 1.98. The number of aromatic nitrogens is 1. The van der Waals surface area contributed by atoms with Crippen LogP contribution in [0.15, 0.2) is 34.9 Å². The van der Waals surface area contributed by atoms with E-state index in [9.17, 15) is 9.59 Å². The van der Waals surface area contributed by atoms with E-state index >= 15 is 0 Å². The molecule has 0 bridgehead atoms. The minimum atomic E-state index is -0.984. The lowest BCUT2D eigenvalue weighted by molar-refractivity contribution is -0.142. The van der Waals surface area contributed by atoms with E-state index in [0.717, 1.165) is 15.4 Å². The molecule has 1 atom stereocenters. The maximum Gasteiger partial charge on any atom is 0.326 e. The van der Waals surface area contributed by atoms with Crippen molar-refractivity contribution in [3.05, 3.63) is 34.9 Å². The van der Waals surface area contributed by atoms with Crippen LogP contribution in [0, 0.1) is 5.92 Å². The van der Waals surface area contributed by atoms with Gasteiger partial charge in [0, 0.05) is 34.5 Å². The van der Waals surface area contributed by atoms with Crippen LogP contribution in [0.2, 0.25) is 0 Å². The Morgan fingerprint density at radius 2 is 2.04 bits per heavy atom. The van der Waals surface area contributed by atoms with Crippen LogP contribution in [-0.2, 0) is 16.1 Å². The number of nitrogens with zero attached hydrogens (tertiary/aromatic N) is 1. The van der Waals surface area contributed by atoms with Gasteiger partial charge in [-0.05, 0) is 30.5 Å². The molecule has 0 fully saturated rings. The summed E-state index contributed by atoms with van der Waals surface area (Å²) in [5.41, 5.74) is 1.05. The van der Waals surface area contributed by atoms with Crippen molar-refractivity contribution in [1.29, 1.82) is 0 Å². The van der Waals surface area contributed by atoms with E-state index in [-0.39, 0.29) is 18.2 Å². The van der Waals surface area contributed by atoms with Gasteiger partial charge < -0.3 is 15.0 Å². The zero-order chi connectivity index (χ0) is 17.0. The molecule has 5 nitrogen and oxygen atoms in total. The number of fused-ring (bicyclic) bond motifs is 1. The second-order valence-corrected chi connectivity index (χ2v) is 6.87. The molecule has 2 aromatic rings. The molecule has 0 aliphatic rings. The van der Waals surface area contributed by atoms with Crippen LogP contribution in [0.4, 0.5) is 0 Å². The third-order valence-corrected chi connectivity index (χ3v) is 4.37. The van der Waals surface area contributed by atoms with Crippen molar-refractivity contribution >= 4 is 38.7 Å². The lowest BCUT2D eigenvalue weighted by atomic mass is 10.0. The highest BCUT2D eigenvalue weighted by atomic mass is 79.9. The summed E-state index contributed by atoms with van der Waals surface area (Å²) in [7, 11) is 0. The maximum atomic E-state index is 12.0. The Hall–Kier alpha value is -1.82. The highest BCUT2D eigenvalue weighted by molar-refractivity contribution is 9.10. The number of amides is 1. The number of carbonyl (C=O) groups is 2. The SMILES string of the molecule is CC(C)CC(NC(=O)CCn1ccc2c(Br)cccc21)C(=O)O. The Morgan fingerprint density at radius 1 is 1.30 bits per heavy atom. The van der Waals surface area contributed by atoms with Crippen molar-refractivity contribution in [3.8, 4) is 0 Å². The number of hydrogen-bond acceptors (Lipinski definition) is 2. The Bertz CT molecular complexity index is 709. The summed E-state index contributed by atoms with van der Waals surface area (Å²) in [6.07, 6.45) is 2.62. The molecule has 0 aliphatic carbocycles. The van der Waals surface area contributed by atoms with Gasteiger partial charge >= 0.3 is 5.97 Å². The smallest absolute Gasteiger partial charge is 0.326 e. The zero-order valence-corrected chi connectivity index (χ0v) is 14.8. The van der Waals surface area contributed by atoms with Gasteiger partial charge in [-0.15, -0.1) is 0 Å². The number of hydrogen-bond donors (Lipinski definition) is 2. The number of rotatable bonds is 7. The summed E-state index contributed by atoms with van der Waals surface area (Å²) < 4.78 is 3.01. The normalized spacial score (nSPS) is 12.5. The minimum Gasteiger partial charge on any atom is -0.480 e. The highest BCUT2D eigenvalue weighted by Gasteiger charge is 2.20. The summed E-state index contributed by atoms with van der Waals surface area (Å²) in [6.45, 7) is 4.39. The first-order valence-corrected chi connectivity index (χ1v) is 8.43. The van der Waals surface area contributed by atoms with Gasteiger partial charge in [0.15, 0.2) is 0 Å². The molecule has 0 saturated carbocycles. The average Bonchev–Trinajstić information content (AvgIpc) is 2.88.